The first-order valence-corrected chi connectivity index (χ1v) is 10.7. The van der Waals surface area contributed by atoms with Crippen LogP contribution in [0.15, 0.2) is 52.5 Å². The summed E-state index contributed by atoms with van der Waals surface area (Å²) in [5.74, 6) is -0.194. The van der Waals surface area contributed by atoms with Crippen LogP contribution in [-0.4, -0.2) is 20.0 Å². The lowest BCUT2D eigenvalue weighted by atomic mass is 10.1. The van der Waals surface area contributed by atoms with Gasteiger partial charge in [0.1, 0.15) is 0 Å². The lowest BCUT2D eigenvalue weighted by Gasteiger charge is -2.12. The molecule has 1 atom stereocenters. The number of anilines is 1. The van der Waals surface area contributed by atoms with Crippen LogP contribution in [0.5, 0.6) is 0 Å². The van der Waals surface area contributed by atoms with E-state index in [2.05, 4.69) is 15.2 Å². The van der Waals surface area contributed by atoms with Gasteiger partial charge in [-0.15, -0.1) is 0 Å². The second-order valence-corrected chi connectivity index (χ2v) is 8.64. The molecule has 1 amide bonds. The molecule has 150 valence electrons. The average Bonchev–Trinajstić information content (AvgIpc) is 2.67. The van der Waals surface area contributed by atoms with Crippen molar-refractivity contribution >= 4 is 27.3 Å². The van der Waals surface area contributed by atoms with Gasteiger partial charge in [0.2, 0.25) is 0 Å². The van der Waals surface area contributed by atoms with Crippen molar-refractivity contribution in [2.75, 3.05) is 4.72 Å². The minimum atomic E-state index is -3.82. The molecule has 0 aromatic heterocycles. The third-order valence-corrected chi connectivity index (χ3v) is 6.06. The number of aryl methyl sites for hydroxylation is 2. The van der Waals surface area contributed by atoms with Crippen molar-refractivity contribution in [1.82, 2.24) is 5.43 Å². The van der Waals surface area contributed by atoms with Gasteiger partial charge < -0.3 is 0 Å². The van der Waals surface area contributed by atoms with Crippen LogP contribution in [0.4, 0.5) is 5.69 Å². The van der Waals surface area contributed by atoms with Gasteiger partial charge in [0.25, 0.3) is 15.9 Å². The molecule has 2 rings (SSSR count). The van der Waals surface area contributed by atoms with E-state index in [1.54, 1.807) is 12.1 Å². The van der Waals surface area contributed by atoms with E-state index in [9.17, 15) is 13.2 Å². The maximum absolute atomic E-state index is 12.7. The van der Waals surface area contributed by atoms with Crippen molar-refractivity contribution in [1.29, 1.82) is 0 Å². The fourth-order valence-electron chi connectivity index (χ4n) is 2.55. The third-order valence-electron chi connectivity index (χ3n) is 4.69. The van der Waals surface area contributed by atoms with Crippen molar-refractivity contribution in [3.8, 4) is 0 Å². The molecule has 0 radical (unpaired) electrons. The van der Waals surface area contributed by atoms with Crippen LogP contribution in [0.1, 0.15) is 48.7 Å². The highest BCUT2D eigenvalue weighted by atomic mass is 32.2. The Kier molecular flexibility index (Phi) is 6.96. The monoisotopic (exact) mass is 401 g/mol. The molecule has 0 heterocycles. The molecule has 0 aliphatic carbocycles. The lowest BCUT2D eigenvalue weighted by molar-refractivity contribution is 0.0954. The number of amides is 1. The molecule has 2 aromatic rings. The Labute approximate surface area is 167 Å². The standard InChI is InChI=1S/C21H27N3O3S/c1-6-15(3)17(5)22-23-21(25)18-8-7-9-19(13-18)28(26,27)24-20-11-10-14(2)12-16(20)4/h7-13,15,24H,6H2,1-5H3,(H,23,25)/b22-17-/t15-/m0/s1. The van der Waals surface area contributed by atoms with E-state index >= 15 is 0 Å². The second-order valence-electron chi connectivity index (χ2n) is 6.96. The molecule has 0 aliphatic rings. The molecule has 0 saturated heterocycles. The number of hydrazone groups is 1. The minimum absolute atomic E-state index is 0.0164. The molecule has 0 unspecified atom stereocenters. The zero-order chi connectivity index (χ0) is 20.9. The quantitative estimate of drug-likeness (QED) is 0.537. The Morgan fingerprint density at radius 2 is 1.86 bits per heavy atom. The molecular weight excluding hydrogens is 374 g/mol. The summed E-state index contributed by atoms with van der Waals surface area (Å²) in [5.41, 5.74) is 5.92. The van der Waals surface area contributed by atoms with Crippen molar-refractivity contribution in [3.05, 3.63) is 59.2 Å². The Hall–Kier alpha value is -2.67. The number of benzene rings is 2. The minimum Gasteiger partial charge on any atom is -0.279 e. The zero-order valence-electron chi connectivity index (χ0n) is 16.9. The molecule has 0 fully saturated rings. The van der Waals surface area contributed by atoms with Crippen molar-refractivity contribution in [2.45, 2.75) is 45.9 Å². The van der Waals surface area contributed by atoms with E-state index in [0.717, 1.165) is 23.3 Å². The Morgan fingerprint density at radius 3 is 2.50 bits per heavy atom. The number of hydrogen-bond acceptors (Lipinski definition) is 4. The summed E-state index contributed by atoms with van der Waals surface area (Å²) in [7, 11) is -3.82. The Bertz CT molecular complexity index is 998. The highest BCUT2D eigenvalue weighted by Gasteiger charge is 2.17. The van der Waals surface area contributed by atoms with Crippen LogP contribution < -0.4 is 10.1 Å². The molecule has 7 heteroatoms. The molecule has 2 N–H and O–H groups in total. The molecule has 0 spiro atoms. The Balaban J connectivity index is 2.22. The van der Waals surface area contributed by atoms with E-state index in [1.807, 2.05) is 46.8 Å². The molecule has 2 aromatic carbocycles. The van der Waals surface area contributed by atoms with Gasteiger partial charge in [-0.2, -0.15) is 5.10 Å². The number of nitrogens with zero attached hydrogens (tertiary/aromatic N) is 1. The lowest BCUT2D eigenvalue weighted by Crippen LogP contribution is -2.21. The maximum atomic E-state index is 12.7. The maximum Gasteiger partial charge on any atom is 0.271 e. The van der Waals surface area contributed by atoms with Crippen molar-refractivity contribution < 1.29 is 13.2 Å². The van der Waals surface area contributed by atoms with Crippen LogP contribution in [0.25, 0.3) is 0 Å². The number of nitrogens with one attached hydrogen (secondary N) is 2. The largest absolute Gasteiger partial charge is 0.279 e. The van der Waals surface area contributed by atoms with Crippen LogP contribution in [-0.2, 0) is 10.0 Å². The smallest absolute Gasteiger partial charge is 0.271 e. The predicted molar refractivity (Wildman–Crippen MR) is 113 cm³/mol. The van der Waals surface area contributed by atoms with Gasteiger partial charge in [-0.05, 0) is 62.9 Å². The van der Waals surface area contributed by atoms with Gasteiger partial charge in [0, 0.05) is 11.3 Å². The highest BCUT2D eigenvalue weighted by Crippen LogP contribution is 2.21. The summed E-state index contributed by atoms with van der Waals surface area (Å²) in [5, 5.41) is 4.10. The van der Waals surface area contributed by atoms with Gasteiger partial charge in [0.05, 0.1) is 10.6 Å². The zero-order valence-corrected chi connectivity index (χ0v) is 17.7. The van der Waals surface area contributed by atoms with Crippen molar-refractivity contribution in [3.63, 3.8) is 0 Å². The van der Waals surface area contributed by atoms with Crippen molar-refractivity contribution in [2.24, 2.45) is 11.0 Å². The van der Waals surface area contributed by atoms with E-state index in [1.165, 1.54) is 18.2 Å². The fraction of sp³-hybridized carbons (Fsp3) is 0.333. The van der Waals surface area contributed by atoms with Gasteiger partial charge in [-0.1, -0.05) is 37.6 Å². The summed E-state index contributed by atoms with van der Waals surface area (Å²) in [6.07, 6.45) is 0.920. The fourth-order valence-corrected chi connectivity index (χ4v) is 3.72. The number of carbonyl (C=O) groups excluding carboxylic acids is 1. The average molecular weight is 402 g/mol. The molecule has 6 nitrogen and oxygen atoms in total. The number of carbonyl (C=O) groups is 1. The molecule has 0 bridgehead atoms. The summed E-state index contributed by atoms with van der Waals surface area (Å²) in [4.78, 5) is 12.4. The van der Waals surface area contributed by atoms with Crippen LogP contribution in [0.2, 0.25) is 0 Å². The van der Waals surface area contributed by atoms with Gasteiger partial charge >= 0.3 is 0 Å². The molecule has 0 aliphatic heterocycles. The predicted octanol–water partition coefficient (Wildman–Crippen LogP) is 4.26. The van der Waals surface area contributed by atoms with Crippen LogP contribution >= 0.6 is 0 Å². The van der Waals surface area contributed by atoms with E-state index in [0.29, 0.717) is 5.69 Å². The second kappa shape index (κ2) is 9.01. The van der Waals surface area contributed by atoms with E-state index in [4.69, 9.17) is 0 Å². The third kappa shape index (κ3) is 5.42. The molecule has 28 heavy (non-hydrogen) atoms. The normalized spacial score (nSPS) is 13.1. The SMILES string of the molecule is CC[C@H](C)/C(C)=N\NC(=O)c1cccc(S(=O)(=O)Nc2ccc(C)cc2C)c1. The first-order valence-electron chi connectivity index (χ1n) is 9.18. The molecular formula is C21H27N3O3S. The van der Waals surface area contributed by atoms with Crippen LogP contribution in [0, 0.1) is 19.8 Å². The summed E-state index contributed by atoms with van der Waals surface area (Å²) >= 11 is 0. The van der Waals surface area contributed by atoms with Gasteiger partial charge in [0.15, 0.2) is 0 Å². The van der Waals surface area contributed by atoms with E-state index < -0.39 is 15.9 Å². The summed E-state index contributed by atoms with van der Waals surface area (Å²) in [6.45, 7) is 9.70. The van der Waals surface area contributed by atoms with E-state index in [-0.39, 0.29) is 16.4 Å². The van der Waals surface area contributed by atoms with Crippen LogP contribution in [0.3, 0.4) is 0 Å². The summed E-state index contributed by atoms with van der Waals surface area (Å²) < 4.78 is 28.1. The van der Waals surface area contributed by atoms with Gasteiger partial charge in [-0.25, -0.2) is 13.8 Å². The topological polar surface area (TPSA) is 87.6 Å². The summed E-state index contributed by atoms with van der Waals surface area (Å²) in [6, 6.07) is 11.4. The molecule has 0 saturated carbocycles. The first-order chi connectivity index (χ1) is 13.1. The first kappa shape index (κ1) is 21.6. The highest BCUT2D eigenvalue weighted by molar-refractivity contribution is 7.92. The Morgan fingerprint density at radius 1 is 1.14 bits per heavy atom. The number of sulfonamides is 1. The number of hydrogen-bond donors (Lipinski definition) is 2. The number of rotatable bonds is 7. The van der Waals surface area contributed by atoms with Gasteiger partial charge in [-0.3, -0.25) is 9.52 Å².